The molecule has 0 saturated heterocycles. The molecule has 0 radical (unpaired) electrons. The molecule has 2 nitrogen and oxygen atoms in total. The number of fused-ring (bicyclic) bond motifs is 1. The van der Waals surface area contributed by atoms with Gasteiger partial charge in [-0.15, -0.1) is 0 Å². The number of benzene rings is 1. The van der Waals surface area contributed by atoms with E-state index in [4.69, 9.17) is 9.68 Å². The lowest BCUT2D eigenvalue weighted by Gasteiger charge is -2.02. The largest absolute Gasteiger partial charge is 0.445 e. The van der Waals surface area contributed by atoms with Crippen molar-refractivity contribution in [2.45, 2.75) is 19.8 Å². The molecule has 1 aromatic heterocycles. The first-order valence-corrected chi connectivity index (χ1v) is 4.86. The Morgan fingerprint density at radius 1 is 1.31 bits per heavy atom. The molecule has 0 atom stereocenters. The van der Waals surface area contributed by atoms with Crippen molar-refractivity contribution >= 4 is 11.0 Å². The predicted octanol–water partition coefficient (Wildman–Crippen LogP) is 3.71. The predicted molar refractivity (Wildman–Crippen MR) is 54.9 cm³/mol. The van der Waals surface area contributed by atoms with Gasteiger partial charge in [0.05, 0.1) is 5.39 Å². The second-order valence-corrected chi connectivity index (χ2v) is 3.87. The van der Waals surface area contributed by atoms with Gasteiger partial charge < -0.3 is 4.42 Å². The van der Waals surface area contributed by atoms with Crippen molar-refractivity contribution in [2.75, 3.05) is 0 Å². The van der Waals surface area contributed by atoms with Gasteiger partial charge in [0.25, 0.3) is 0 Å². The first-order valence-electron chi connectivity index (χ1n) is 4.86. The molecule has 0 fully saturated rings. The molecule has 16 heavy (non-hydrogen) atoms. The molecule has 2 aromatic rings. The van der Waals surface area contributed by atoms with Crippen LogP contribution in [0.25, 0.3) is 11.0 Å². The molecule has 0 aliphatic heterocycles. The van der Waals surface area contributed by atoms with Crippen LogP contribution < -0.4 is 0 Å². The van der Waals surface area contributed by atoms with Crippen LogP contribution in [0, 0.1) is 23.0 Å². The van der Waals surface area contributed by atoms with Gasteiger partial charge >= 0.3 is 0 Å². The lowest BCUT2D eigenvalue weighted by Crippen LogP contribution is -1.91. The Kier molecular flexibility index (Phi) is 2.39. The number of hydrogen-bond donors (Lipinski definition) is 0. The average Bonchev–Trinajstić information content (AvgIpc) is 2.55. The Balaban J connectivity index is 2.91. The number of rotatable bonds is 1. The number of nitrogens with zero attached hydrogens (tertiary/aromatic N) is 1. The minimum absolute atomic E-state index is 0.0505. The van der Waals surface area contributed by atoms with Gasteiger partial charge in [-0.3, -0.25) is 0 Å². The zero-order chi connectivity index (χ0) is 11.9. The molecule has 2 rings (SSSR count). The molecule has 0 aliphatic carbocycles. The summed E-state index contributed by atoms with van der Waals surface area (Å²) in [5.41, 5.74) is 0.577. The van der Waals surface area contributed by atoms with E-state index in [1.807, 2.05) is 19.9 Å². The Labute approximate surface area is 91.1 Å². The van der Waals surface area contributed by atoms with Crippen LogP contribution >= 0.6 is 0 Å². The quantitative estimate of drug-likeness (QED) is 0.736. The van der Waals surface area contributed by atoms with E-state index >= 15 is 0 Å². The summed E-state index contributed by atoms with van der Waals surface area (Å²) in [5.74, 6) is -1.41. The van der Waals surface area contributed by atoms with Gasteiger partial charge in [-0.25, -0.2) is 8.78 Å². The second-order valence-electron chi connectivity index (χ2n) is 3.87. The molecule has 0 unspecified atom stereocenters. The van der Waals surface area contributed by atoms with Crippen molar-refractivity contribution in [3.63, 3.8) is 0 Å². The third-order valence-electron chi connectivity index (χ3n) is 2.42. The Bertz CT molecular complexity index is 593. The highest BCUT2D eigenvalue weighted by Gasteiger charge is 2.20. The minimum Gasteiger partial charge on any atom is -0.445 e. The van der Waals surface area contributed by atoms with E-state index in [0.717, 1.165) is 12.1 Å². The maximum Gasteiger partial charge on any atom is 0.208 e. The zero-order valence-corrected chi connectivity index (χ0v) is 8.84. The monoisotopic (exact) mass is 221 g/mol. The van der Waals surface area contributed by atoms with Gasteiger partial charge in [-0.2, -0.15) is 5.26 Å². The fraction of sp³-hybridized carbons (Fsp3) is 0.250. The summed E-state index contributed by atoms with van der Waals surface area (Å²) in [4.78, 5) is 0. The zero-order valence-electron chi connectivity index (χ0n) is 8.84. The molecule has 0 bridgehead atoms. The van der Waals surface area contributed by atoms with Crippen LogP contribution in [0.5, 0.6) is 0 Å². The highest BCUT2D eigenvalue weighted by atomic mass is 19.1. The summed E-state index contributed by atoms with van der Waals surface area (Å²) in [6.45, 7) is 3.65. The summed E-state index contributed by atoms with van der Waals surface area (Å²) in [7, 11) is 0. The third-order valence-corrected chi connectivity index (χ3v) is 2.42. The number of hydrogen-bond acceptors (Lipinski definition) is 2. The summed E-state index contributed by atoms with van der Waals surface area (Å²) in [5, 5.41) is 9.07. The van der Waals surface area contributed by atoms with Crippen LogP contribution in [0.2, 0.25) is 0 Å². The van der Waals surface area contributed by atoms with E-state index in [-0.39, 0.29) is 22.6 Å². The first-order chi connectivity index (χ1) is 7.54. The van der Waals surface area contributed by atoms with Crippen LogP contribution in [-0.4, -0.2) is 0 Å². The minimum atomic E-state index is -0.710. The average molecular weight is 221 g/mol. The van der Waals surface area contributed by atoms with Crippen LogP contribution in [0.1, 0.15) is 31.1 Å². The molecule has 0 N–H and O–H groups in total. The first kappa shape index (κ1) is 10.6. The molecule has 4 heteroatoms. The van der Waals surface area contributed by atoms with Gasteiger partial charge in [0.2, 0.25) is 5.76 Å². The highest BCUT2D eigenvalue weighted by Crippen LogP contribution is 2.33. The smallest absolute Gasteiger partial charge is 0.208 e. The van der Waals surface area contributed by atoms with Crippen molar-refractivity contribution in [2.24, 2.45) is 0 Å². The number of furan rings is 1. The van der Waals surface area contributed by atoms with Crippen molar-refractivity contribution in [1.29, 1.82) is 5.26 Å². The van der Waals surface area contributed by atoms with E-state index < -0.39 is 11.6 Å². The standard InChI is InChI=1S/C12H9F2NO/c1-6(2)11-10(5-15)16-9-4-7(13)3-8(14)12(9)11/h3-4,6H,1-2H3. The molecule has 1 aromatic carbocycles. The Morgan fingerprint density at radius 2 is 2.00 bits per heavy atom. The number of halogens is 2. The highest BCUT2D eigenvalue weighted by molar-refractivity contribution is 5.84. The topological polar surface area (TPSA) is 36.9 Å². The molecule has 0 spiro atoms. The van der Waals surface area contributed by atoms with Crippen molar-refractivity contribution in [1.82, 2.24) is 0 Å². The van der Waals surface area contributed by atoms with E-state index in [0.29, 0.717) is 5.56 Å². The van der Waals surface area contributed by atoms with Crippen LogP contribution in [0.4, 0.5) is 8.78 Å². The molecule has 1 heterocycles. The summed E-state index contributed by atoms with van der Waals surface area (Å²) in [6.07, 6.45) is 0. The van der Waals surface area contributed by atoms with E-state index in [9.17, 15) is 8.78 Å². The van der Waals surface area contributed by atoms with Crippen LogP contribution in [0.15, 0.2) is 16.5 Å². The Hall–Kier alpha value is -1.89. The molecule has 82 valence electrons. The molecule has 0 amide bonds. The van der Waals surface area contributed by atoms with Gasteiger partial charge in [-0.1, -0.05) is 13.8 Å². The summed E-state index contributed by atoms with van der Waals surface area (Å²) < 4.78 is 31.7. The molecular weight excluding hydrogens is 212 g/mol. The lowest BCUT2D eigenvalue weighted by atomic mass is 9.99. The normalized spacial score (nSPS) is 11.0. The number of nitriles is 1. The van der Waals surface area contributed by atoms with Crippen molar-refractivity contribution in [3.8, 4) is 6.07 Å². The summed E-state index contributed by atoms with van der Waals surface area (Å²) >= 11 is 0. The van der Waals surface area contributed by atoms with Crippen LogP contribution in [-0.2, 0) is 0 Å². The van der Waals surface area contributed by atoms with Crippen LogP contribution in [0.3, 0.4) is 0 Å². The van der Waals surface area contributed by atoms with Gasteiger partial charge in [0.1, 0.15) is 23.3 Å². The molecule has 0 saturated carbocycles. The van der Waals surface area contributed by atoms with E-state index in [1.165, 1.54) is 0 Å². The maximum absolute atomic E-state index is 13.6. The van der Waals surface area contributed by atoms with Gasteiger partial charge in [0.15, 0.2) is 0 Å². The molecule has 0 aliphatic rings. The van der Waals surface area contributed by atoms with E-state index in [2.05, 4.69) is 0 Å². The van der Waals surface area contributed by atoms with Crippen molar-refractivity contribution < 1.29 is 13.2 Å². The third kappa shape index (κ3) is 1.45. The maximum atomic E-state index is 13.6. The fourth-order valence-corrected chi connectivity index (χ4v) is 1.80. The van der Waals surface area contributed by atoms with Gasteiger partial charge in [0, 0.05) is 17.7 Å². The van der Waals surface area contributed by atoms with Crippen molar-refractivity contribution in [3.05, 3.63) is 35.1 Å². The van der Waals surface area contributed by atoms with E-state index in [1.54, 1.807) is 0 Å². The second kappa shape index (κ2) is 3.60. The fourth-order valence-electron chi connectivity index (χ4n) is 1.80. The SMILES string of the molecule is CC(C)c1c(C#N)oc2cc(F)cc(F)c12. The lowest BCUT2D eigenvalue weighted by molar-refractivity contribution is 0.570. The Morgan fingerprint density at radius 3 is 2.56 bits per heavy atom. The molecular formula is C12H9F2NO. The summed E-state index contributed by atoms with van der Waals surface area (Å²) in [6, 6.07) is 3.74. The van der Waals surface area contributed by atoms with Gasteiger partial charge in [-0.05, 0) is 5.92 Å².